The third-order valence-electron chi connectivity index (χ3n) is 4.14. The molecule has 10 heteroatoms. The summed E-state index contributed by atoms with van der Waals surface area (Å²) in [5.41, 5.74) is -0.879. The van der Waals surface area contributed by atoms with Crippen molar-refractivity contribution in [3.05, 3.63) is 29.3 Å². The van der Waals surface area contributed by atoms with Gasteiger partial charge in [-0.2, -0.15) is 5.26 Å². The van der Waals surface area contributed by atoms with E-state index in [1.54, 1.807) is 6.07 Å². The molecule has 1 amide bonds. The monoisotopic (exact) mass is 413 g/mol. The number of halogens is 1. The first kappa shape index (κ1) is 21.2. The highest BCUT2D eigenvalue weighted by Crippen LogP contribution is 2.28. The van der Waals surface area contributed by atoms with E-state index in [-0.39, 0.29) is 22.9 Å². The molecule has 1 aromatic rings. The molecule has 0 heterocycles. The molecule has 1 aliphatic rings. The minimum absolute atomic E-state index is 0.0129. The quantitative estimate of drug-likeness (QED) is 0.622. The number of nitriles is 1. The van der Waals surface area contributed by atoms with Crippen LogP contribution in [-0.2, 0) is 24.3 Å². The first-order valence-corrected chi connectivity index (χ1v) is 10.3. The van der Waals surface area contributed by atoms with Crippen LogP contribution in [0.5, 0.6) is 0 Å². The number of amides is 1. The largest absolute Gasteiger partial charge is 0.456 e. The number of ether oxygens (including phenoxy) is 1. The predicted molar refractivity (Wildman–Crippen MR) is 97.2 cm³/mol. The molecule has 0 bridgehead atoms. The van der Waals surface area contributed by atoms with Crippen LogP contribution in [0.2, 0.25) is 5.02 Å². The van der Waals surface area contributed by atoms with E-state index < -0.39 is 34.0 Å². The number of sulfonamides is 1. The fourth-order valence-electron chi connectivity index (χ4n) is 2.77. The second-order valence-electron chi connectivity index (χ2n) is 6.22. The summed E-state index contributed by atoms with van der Waals surface area (Å²) in [7, 11) is -3.79. The molecule has 0 spiro atoms. The Morgan fingerprint density at radius 1 is 1.30 bits per heavy atom. The third kappa shape index (κ3) is 6.20. The Labute approximate surface area is 162 Å². The van der Waals surface area contributed by atoms with E-state index in [0.29, 0.717) is 12.8 Å². The van der Waals surface area contributed by atoms with Gasteiger partial charge < -0.3 is 10.1 Å². The number of nitrogens with one attached hydrogen (secondary N) is 2. The fraction of sp³-hybridized carbons (Fsp3) is 0.471. The number of hydrogen-bond donors (Lipinski definition) is 2. The molecule has 0 aromatic heterocycles. The second-order valence-corrected chi connectivity index (χ2v) is 8.42. The Balaban J connectivity index is 1.73. The molecule has 1 fully saturated rings. The summed E-state index contributed by atoms with van der Waals surface area (Å²) < 4.78 is 31.2. The van der Waals surface area contributed by atoms with Gasteiger partial charge in [-0.1, -0.05) is 17.7 Å². The van der Waals surface area contributed by atoms with Crippen LogP contribution in [0.1, 0.15) is 32.1 Å². The van der Waals surface area contributed by atoms with Gasteiger partial charge in [0.15, 0.2) is 6.61 Å². The van der Waals surface area contributed by atoms with Gasteiger partial charge in [0.05, 0.1) is 17.4 Å². The van der Waals surface area contributed by atoms with Crippen molar-refractivity contribution in [3.63, 3.8) is 0 Å². The minimum atomic E-state index is -3.79. The van der Waals surface area contributed by atoms with E-state index in [1.165, 1.54) is 18.2 Å². The number of esters is 1. The number of nitrogens with zero attached hydrogens (tertiary/aromatic N) is 1. The lowest BCUT2D eigenvalue weighted by atomic mass is 10.00. The first-order chi connectivity index (χ1) is 12.8. The summed E-state index contributed by atoms with van der Waals surface area (Å²) in [6, 6.07) is 7.83. The third-order valence-corrected chi connectivity index (χ3v) is 5.84. The van der Waals surface area contributed by atoms with Gasteiger partial charge >= 0.3 is 5.97 Å². The van der Waals surface area contributed by atoms with Gasteiger partial charge in [-0.05, 0) is 43.9 Å². The highest BCUT2D eigenvalue weighted by molar-refractivity contribution is 7.89. The molecule has 0 radical (unpaired) electrons. The lowest BCUT2D eigenvalue weighted by Crippen LogP contribution is -2.46. The topological polar surface area (TPSA) is 125 Å². The Morgan fingerprint density at radius 3 is 2.63 bits per heavy atom. The van der Waals surface area contributed by atoms with E-state index in [0.717, 1.165) is 12.8 Å². The lowest BCUT2D eigenvalue weighted by molar-refractivity contribution is -0.148. The van der Waals surface area contributed by atoms with Gasteiger partial charge in [-0.25, -0.2) is 13.1 Å². The normalized spacial score (nSPS) is 15.7. The van der Waals surface area contributed by atoms with Crippen LogP contribution in [0.3, 0.4) is 0 Å². The molecule has 2 N–H and O–H groups in total. The Kier molecular flexibility index (Phi) is 7.18. The zero-order chi connectivity index (χ0) is 19.9. The maximum absolute atomic E-state index is 12.1. The molecule has 0 aliphatic heterocycles. The van der Waals surface area contributed by atoms with Crippen LogP contribution >= 0.6 is 11.6 Å². The van der Waals surface area contributed by atoms with Crippen LogP contribution in [0.25, 0.3) is 0 Å². The molecule has 1 aliphatic carbocycles. The first-order valence-electron chi connectivity index (χ1n) is 8.39. The summed E-state index contributed by atoms with van der Waals surface area (Å²) in [6.45, 7) is -0.694. The van der Waals surface area contributed by atoms with Gasteiger partial charge in [0.25, 0.3) is 5.91 Å². The predicted octanol–water partition coefficient (Wildman–Crippen LogP) is 1.50. The van der Waals surface area contributed by atoms with Gasteiger partial charge in [0, 0.05) is 11.6 Å². The van der Waals surface area contributed by atoms with Crippen LogP contribution < -0.4 is 10.0 Å². The standard InChI is InChI=1S/C17H20ClN3O5S/c18-13-4-3-5-14(10-13)27(24,25)20-9-6-16(23)26-11-15(22)21-17(12-19)7-1-2-8-17/h3-5,10,20H,1-2,6-9,11H2,(H,21,22). The number of rotatable bonds is 8. The molecule has 1 saturated carbocycles. The van der Waals surface area contributed by atoms with Gasteiger partial charge in [0.2, 0.25) is 10.0 Å². The van der Waals surface area contributed by atoms with Gasteiger partial charge in [-0.3, -0.25) is 9.59 Å². The Bertz CT molecular complexity index is 844. The number of carbonyl (C=O) groups excluding carboxylic acids is 2. The molecule has 0 atom stereocenters. The van der Waals surface area contributed by atoms with E-state index in [2.05, 4.69) is 16.1 Å². The molecule has 1 aromatic carbocycles. The van der Waals surface area contributed by atoms with Gasteiger partial charge in [0.1, 0.15) is 5.54 Å². The van der Waals surface area contributed by atoms with Crippen LogP contribution in [0.4, 0.5) is 0 Å². The highest BCUT2D eigenvalue weighted by atomic mass is 35.5. The Morgan fingerprint density at radius 2 is 2.00 bits per heavy atom. The van der Waals surface area contributed by atoms with Crippen LogP contribution in [0, 0.1) is 11.3 Å². The van der Waals surface area contributed by atoms with Crippen molar-refractivity contribution < 1.29 is 22.7 Å². The summed E-state index contributed by atoms with van der Waals surface area (Å²) in [4.78, 5) is 23.5. The molecular weight excluding hydrogens is 394 g/mol. The average Bonchev–Trinajstić information content (AvgIpc) is 3.09. The summed E-state index contributed by atoms with van der Waals surface area (Å²) in [5, 5.41) is 12.1. The van der Waals surface area contributed by atoms with Crippen molar-refractivity contribution >= 4 is 33.5 Å². The minimum Gasteiger partial charge on any atom is -0.456 e. The average molecular weight is 414 g/mol. The number of carbonyl (C=O) groups is 2. The molecule has 0 saturated heterocycles. The smallest absolute Gasteiger partial charge is 0.307 e. The van der Waals surface area contributed by atoms with E-state index in [4.69, 9.17) is 16.3 Å². The number of hydrogen-bond acceptors (Lipinski definition) is 6. The summed E-state index contributed by atoms with van der Waals surface area (Å²) in [6.07, 6.45) is 2.64. The highest BCUT2D eigenvalue weighted by Gasteiger charge is 2.35. The van der Waals surface area contributed by atoms with Crippen molar-refractivity contribution in [3.8, 4) is 6.07 Å². The number of benzene rings is 1. The van der Waals surface area contributed by atoms with Gasteiger partial charge in [-0.15, -0.1) is 0 Å². The molecule has 2 rings (SSSR count). The van der Waals surface area contributed by atoms with Crippen LogP contribution in [0.15, 0.2) is 29.2 Å². The molecule has 0 unspecified atom stereocenters. The van der Waals surface area contributed by atoms with Crippen molar-refractivity contribution in [2.45, 2.75) is 42.5 Å². The lowest BCUT2D eigenvalue weighted by Gasteiger charge is -2.21. The molecular formula is C17H20ClN3O5S. The van der Waals surface area contributed by atoms with Crippen molar-refractivity contribution in [2.24, 2.45) is 0 Å². The van der Waals surface area contributed by atoms with E-state index >= 15 is 0 Å². The van der Waals surface area contributed by atoms with Crippen molar-refractivity contribution in [1.82, 2.24) is 10.0 Å². The van der Waals surface area contributed by atoms with Crippen molar-refractivity contribution in [2.75, 3.05) is 13.2 Å². The van der Waals surface area contributed by atoms with Crippen molar-refractivity contribution in [1.29, 1.82) is 5.26 Å². The summed E-state index contributed by atoms with van der Waals surface area (Å²) in [5.74, 6) is -1.28. The maximum atomic E-state index is 12.1. The van der Waals surface area contributed by atoms with E-state index in [1.807, 2.05) is 0 Å². The zero-order valence-corrected chi connectivity index (χ0v) is 16.1. The second kappa shape index (κ2) is 9.17. The van der Waals surface area contributed by atoms with Crippen LogP contribution in [-0.4, -0.2) is 39.0 Å². The SMILES string of the molecule is N#CC1(NC(=O)COC(=O)CCNS(=O)(=O)c2cccc(Cl)c2)CCCC1. The maximum Gasteiger partial charge on any atom is 0.307 e. The summed E-state index contributed by atoms with van der Waals surface area (Å²) >= 11 is 5.76. The molecule has 8 nitrogen and oxygen atoms in total. The Hall–Kier alpha value is -2.15. The zero-order valence-electron chi connectivity index (χ0n) is 14.5. The van der Waals surface area contributed by atoms with E-state index in [9.17, 15) is 23.3 Å². The fourth-order valence-corrected chi connectivity index (χ4v) is 4.10. The molecule has 146 valence electrons. The molecule has 27 heavy (non-hydrogen) atoms.